The number of carbonyl (C=O) groups is 2. The maximum atomic E-state index is 11.5. The van der Waals surface area contributed by atoms with E-state index in [1.165, 1.54) is 51.4 Å². The predicted molar refractivity (Wildman–Crippen MR) is 95.5 cm³/mol. The molecule has 1 amide bonds. The highest BCUT2D eigenvalue weighted by atomic mass is 16.4. The molecule has 144 valence electrons. The third-order valence-electron chi connectivity index (χ3n) is 3.42. The fourth-order valence-electron chi connectivity index (χ4n) is 2.18. The normalized spacial score (nSPS) is 9.96. The highest BCUT2D eigenvalue weighted by Gasteiger charge is 2.00. The van der Waals surface area contributed by atoms with Gasteiger partial charge in [-0.05, 0) is 13.3 Å². The number of aliphatic carboxylic acids is 1. The van der Waals surface area contributed by atoms with Crippen LogP contribution in [0, 0.1) is 0 Å². The third kappa shape index (κ3) is 28.9. The molecule has 0 heterocycles. The van der Waals surface area contributed by atoms with E-state index in [4.69, 9.17) is 15.0 Å². The first-order chi connectivity index (χ1) is 11.5. The Morgan fingerprint density at radius 3 is 1.88 bits per heavy atom. The fraction of sp³-hybridized carbons (Fsp3) is 0.889. The highest BCUT2D eigenvalue weighted by molar-refractivity contribution is 5.75. The number of nitrogens with one attached hydrogen (secondary N) is 2. The van der Waals surface area contributed by atoms with E-state index in [9.17, 15) is 4.79 Å². The molecule has 0 saturated heterocycles. The topological polar surface area (TPSA) is 101 Å². The zero-order valence-electron chi connectivity index (χ0n) is 15.6. The minimum absolute atomic E-state index is 0.145. The first kappa shape index (κ1) is 25.1. The molecule has 0 unspecified atom stereocenters. The molecule has 0 aromatic carbocycles. The van der Waals surface area contributed by atoms with E-state index in [0.29, 0.717) is 19.5 Å². The lowest BCUT2D eigenvalue weighted by atomic mass is 10.1. The number of carboxylic acid groups (broad SMARTS) is 1. The molecule has 0 aliphatic carbocycles. The lowest BCUT2D eigenvalue weighted by molar-refractivity contribution is -0.302. The van der Waals surface area contributed by atoms with Gasteiger partial charge >= 0.3 is 0 Å². The Hall–Kier alpha value is -1.14. The van der Waals surface area contributed by atoms with Gasteiger partial charge in [-0.1, -0.05) is 58.3 Å². The van der Waals surface area contributed by atoms with Crippen LogP contribution in [-0.4, -0.2) is 43.2 Å². The molecule has 0 spiro atoms. The van der Waals surface area contributed by atoms with Gasteiger partial charge in [-0.3, -0.25) is 4.79 Å². The van der Waals surface area contributed by atoms with E-state index in [2.05, 4.69) is 17.6 Å². The van der Waals surface area contributed by atoms with Gasteiger partial charge in [-0.2, -0.15) is 0 Å². The van der Waals surface area contributed by atoms with Gasteiger partial charge in [0.25, 0.3) is 0 Å². The molecule has 0 atom stereocenters. The Labute approximate surface area is 147 Å². The molecular weight excluding hydrogens is 308 g/mol. The fourth-order valence-corrected chi connectivity index (χ4v) is 2.18. The summed E-state index contributed by atoms with van der Waals surface area (Å²) in [5.41, 5.74) is 0. The van der Waals surface area contributed by atoms with Gasteiger partial charge in [0.15, 0.2) is 0 Å². The molecule has 0 fully saturated rings. The van der Waals surface area contributed by atoms with Crippen LogP contribution in [-0.2, 0) is 9.59 Å². The molecular formula is C18H37N2O4-. The summed E-state index contributed by atoms with van der Waals surface area (Å²) in [5.74, 6) is -0.932. The second-order valence-electron chi connectivity index (χ2n) is 5.89. The molecule has 0 saturated carbocycles. The first-order valence-electron chi connectivity index (χ1n) is 9.30. The van der Waals surface area contributed by atoms with Crippen molar-refractivity contribution in [2.75, 3.05) is 26.2 Å². The molecule has 3 N–H and O–H groups in total. The van der Waals surface area contributed by atoms with Crippen molar-refractivity contribution >= 4 is 11.9 Å². The van der Waals surface area contributed by atoms with E-state index in [0.717, 1.165) is 19.9 Å². The van der Waals surface area contributed by atoms with Gasteiger partial charge in [-0.15, -0.1) is 0 Å². The van der Waals surface area contributed by atoms with Crippen molar-refractivity contribution in [3.05, 3.63) is 0 Å². The average Bonchev–Trinajstić information content (AvgIpc) is 2.52. The van der Waals surface area contributed by atoms with E-state index in [-0.39, 0.29) is 12.5 Å². The van der Waals surface area contributed by atoms with Gasteiger partial charge in [-0.25, -0.2) is 0 Å². The smallest absolute Gasteiger partial charge is 0.220 e. The third-order valence-corrected chi connectivity index (χ3v) is 3.42. The molecule has 0 aromatic heterocycles. The van der Waals surface area contributed by atoms with E-state index >= 15 is 0 Å². The van der Waals surface area contributed by atoms with Crippen molar-refractivity contribution in [2.24, 2.45) is 0 Å². The second kappa shape index (κ2) is 21.9. The van der Waals surface area contributed by atoms with Gasteiger partial charge in [0.2, 0.25) is 5.91 Å². The molecule has 0 aliphatic rings. The number of unbranched alkanes of at least 4 members (excludes halogenated alkanes) is 8. The number of hydrogen-bond acceptors (Lipinski definition) is 5. The van der Waals surface area contributed by atoms with Crippen molar-refractivity contribution in [3.8, 4) is 0 Å². The second-order valence-corrected chi connectivity index (χ2v) is 5.89. The average molecular weight is 346 g/mol. The summed E-state index contributed by atoms with van der Waals surface area (Å²) in [4.78, 5) is 20.4. The molecule has 0 aromatic rings. The summed E-state index contributed by atoms with van der Waals surface area (Å²) in [7, 11) is 0. The Kier molecular flexibility index (Phi) is 22.9. The Bertz CT molecular complexity index is 282. The van der Waals surface area contributed by atoms with Crippen LogP contribution in [0.5, 0.6) is 0 Å². The Balaban J connectivity index is 0. The summed E-state index contributed by atoms with van der Waals surface area (Å²) in [6, 6.07) is 0. The van der Waals surface area contributed by atoms with Gasteiger partial charge < -0.3 is 25.6 Å². The first-order valence-corrected chi connectivity index (χ1v) is 9.30. The quantitative estimate of drug-likeness (QED) is 0.389. The van der Waals surface area contributed by atoms with Crippen molar-refractivity contribution in [2.45, 2.75) is 78.1 Å². The van der Waals surface area contributed by atoms with Crippen LogP contribution in [0.25, 0.3) is 0 Å². The zero-order valence-corrected chi connectivity index (χ0v) is 15.6. The molecule has 0 bridgehead atoms. The number of amides is 1. The van der Waals surface area contributed by atoms with Gasteiger partial charge in [0.05, 0.1) is 6.61 Å². The van der Waals surface area contributed by atoms with Crippen molar-refractivity contribution in [3.63, 3.8) is 0 Å². The SMILES string of the molecule is CC(=O)[O-].CCCCCCCCCCCC(=O)NCCNCCO. The van der Waals surface area contributed by atoms with Crippen molar-refractivity contribution in [1.82, 2.24) is 10.6 Å². The summed E-state index contributed by atoms with van der Waals surface area (Å²) < 4.78 is 0. The van der Waals surface area contributed by atoms with Crippen LogP contribution in [0.15, 0.2) is 0 Å². The summed E-state index contributed by atoms with van der Waals surface area (Å²) in [5, 5.41) is 23.4. The number of aliphatic hydroxyl groups excluding tert-OH is 1. The Morgan fingerprint density at radius 1 is 0.875 bits per heavy atom. The van der Waals surface area contributed by atoms with Gasteiger partial charge in [0.1, 0.15) is 0 Å². The maximum absolute atomic E-state index is 11.5. The Morgan fingerprint density at radius 2 is 1.38 bits per heavy atom. The molecule has 0 radical (unpaired) electrons. The number of hydrogen-bond donors (Lipinski definition) is 3. The number of aliphatic hydroxyl groups is 1. The lowest BCUT2D eigenvalue weighted by Gasteiger charge is -2.06. The van der Waals surface area contributed by atoms with Crippen LogP contribution >= 0.6 is 0 Å². The summed E-state index contributed by atoms with van der Waals surface area (Å²) >= 11 is 0. The highest BCUT2D eigenvalue weighted by Crippen LogP contribution is 2.10. The summed E-state index contributed by atoms with van der Waals surface area (Å²) in [6.07, 6.45) is 12.2. The maximum Gasteiger partial charge on any atom is 0.220 e. The van der Waals surface area contributed by atoms with Crippen molar-refractivity contribution in [1.29, 1.82) is 0 Å². The molecule has 0 aliphatic heterocycles. The van der Waals surface area contributed by atoms with Crippen LogP contribution < -0.4 is 15.7 Å². The zero-order chi connectivity index (χ0) is 18.5. The standard InChI is InChI=1S/C16H34N2O2.C2H4O2/c1-2-3-4-5-6-7-8-9-10-11-16(20)18-13-12-17-14-15-19;1-2(3)4/h17,19H,2-15H2,1H3,(H,18,20);1H3,(H,3,4)/p-1. The molecule has 24 heavy (non-hydrogen) atoms. The van der Waals surface area contributed by atoms with Gasteiger partial charge in [0, 0.05) is 32.0 Å². The number of carboxylic acids is 1. The van der Waals surface area contributed by atoms with Crippen LogP contribution in [0.4, 0.5) is 0 Å². The van der Waals surface area contributed by atoms with E-state index in [1.807, 2.05) is 0 Å². The number of carbonyl (C=O) groups excluding carboxylic acids is 2. The predicted octanol–water partition coefficient (Wildman–Crippen LogP) is 1.36. The summed E-state index contributed by atoms with van der Waals surface area (Å²) in [6.45, 7) is 5.33. The minimum atomic E-state index is -1.08. The van der Waals surface area contributed by atoms with Crippen LogP contribution in [0.3, 0.4) is 0 Å². The molecule has 6 heteroatoms. The monoisotopic (exact) mass is 345 g/mol. The van der Waals surface area contributed by atoms with E-state index < -0.39 is 5.97 Å². The lowest BCUT2D eigenvalue weighted by Crippen LogP contribution is -2.32. The molecule has 6 nitrogen and oxygen atoms in total. The van der Waals surface area contributed by atoms with E-state index in [1.54, 1.807) is 0 Å². The van der Waals surface area contributed by atoms with Crippen LogP contribution in [0.1, 0.15) is 78.1 Å². The largest absolute Gasteiger partial charge is 0.550 e. The van der Waals surface area contributed by atoms with Crippen molar-refractivity contribution < 1.29 is 19.8 Å². The minimum Gasteiger partial charge on any atom is -0.550 e. The number of rotatable bonds is 15. The molecule has 0 rings (SSSR count). The van der Waals surface area contributed by atoms with Crippen LogP contribution in [0.2, 0.25) is 0 Å².